The first-order valence-corrected chi connectivity index (χ1v) is 6.30. The van der Waals surface area contributed by atoms with E-state index in [4.69, 9.17) is 5.26 Å². The standard InChI is InChI=1S/C14H17N3O/c1-2-16-13-11-7-3-4-8-12(11)17(14(13)18)10-6-5-9-15/h3-4,7-8,13,16H,2,5-6,10H2,1H3. The van der Waals surface area contributed by atoms with E-state index < -0.39 is 0 Å². The molecule has 1 aliphatic rings. The van der Waals surface area contributed by atoms with Crippen molar-refractivity contribution in [1.29, 1.82) is 5.26 Å². The van der Waals surface area contributed by atoms with E-state index in [1.807, 2.05) is 31.2 Å². The maximum atomic E-state index is 12.3. The number of hydrogen-bond acceptors (Lipinski definition) is 3. The summed E-state index contributed by atoms with van der Waals surface area (Å²) in [5.74, 6) is 0.0935. The molecule has 1 aromatic rings. The molecule has 0 spiro atoms. The van der Waals surface area contributed by atoms with Crippen molar-refractivity contribution in [2.24, 2.45) is 0 Å². The minimum Gasteiger partial charge on any atom is -0.310 e. The van der Waals surface area contributed by atoms with Gasteiger partial charge in [-0.05, 0) is 19.0 Å². The van der Waals surface area contributed by atoms with Crippen molar-refractivity contribution in [3.63, 3.8) is 0 Å². The van der Waals surface area contributed by atoms with Crippen LogP contribution in [0.15, 0.2) is 24.3 Å². The number of nitrogens with zero attached hydrogens (tertiary/aromatic N) is 2. The van der Waals surface area contributed by atoms with Crippen LogP contribution in [0.25, 0.3) is 0 Å². The average Bonchev–Trinajstić information content (AvgIpc) is 2.65. The Morgan fingerprint density at radius 3 is 2.94 bits per heavy atom. The fraction of sp³-hybridized carbons (Fsp3) is 0.429. The molecule has 1 N–H and O–H groups in total. The maximum absolute atomic E-state index is 12.3. The Bertz CT molecular complexity index is 478. The monoisotopic (exact) mass is 243 g/mol. The zero-order valence-corrected chi connectivity index (χ0v) is 10.5. The van der Waals surface area contributed by atoms with E-state index in [0.29, 0.717) is 13.0 Å². The highest BCUT2D eigenvalue weighted by molar-refractivity contribution is 6.04. The Kier molecular flexibility index (Phi) is 3.96. The Morgan fingerprint density at radius 2 is 2.22 bits per heavy atom. The lowest BCUT2D eigenvalue weighted by molar-refractivity contribution is -0.120. The summed E-state index contributed by atoms with van der Waals surface area (Å²) in [7, 11) is 0. The van der Waals surface area contributed by atoms with Crippen molar-refractivity contribution in [3.05, 3.63) is 29.8 Å². The highest BCUT2D eigenvalue weighted by Crippen LogP contribution is 2.35. The second-order valence-electron chi connectivity index (χ2n) is 4.30. The number of anilines is 1. The van der Waals surface area contributed by atoms with Gasteiger partial charge in [0.05, 0.1) is 6.07 Å². The van der Waals surface area contributed by atoms with Crippen LogP contribution in [0, 0.1) is 11.3 Å². The number of benzene rings is 1. The van der Waals surface area contributed by atoms with Crippen LogP contribution in [-0.2, 0) is 4.79 Å². The summed E-state index contributed by atoms with van der Waals surface area (Å²) in [5.41, 5.74) is 2.02. The van der Waals surface area contributed by atoms with E-state index in [0.717, 1.165) is 24.2 Å². The number of fused-ring (bicyclic) bond motifs is 1. The first-order chi connectivity index (χ1) is 8.79. The number of amides is 1. The molecular formula is C14H17N3O. The molecule has 1 heterocycles. The summed E-state index contributed by atoms with van der Waals surface area (Å²) in [6.07, 6.45) is 1.20. The summed E-state index contributed by atoms with van der Waals surface area (Å²) in [5, 5.41) is 11.8. The predicted octanol–water partition coefficient (Wildman–Crippen LogP) is 1.99. The molecule has 1 amide bonds. The lowest BCUT2D eigenvalue weighted by Gasteiger charge is -2.17. The van der Waals surface area contributed by atoms with E-state index in [1.165, 1.54) is 0 Å². The number of nitrogens with one attached hydrogen (secondary N) is 1. The van der Waals surface area contributed by atoms with Gasteiger partial charge in [-0.2, -0.15) is 5.26 Å². The summed E-state index contributed by atoms with van der Waals surface area (Å²) in [6, 6.07) is 9.74. The average molecular weight is 243 g/mol. The topological polar surface area (TPSA) is 56.1 Å². The molecule has 0 aliphatic carbocycles. The van der Waals surface area contributed by atoms with Gasteiger partial charge in [0.1, 0.15) is 6.04 Å². The van der Waals surface area contributed by atoms with Gasteiger partial charge in [-0.1, -0.05) is 25.1 Å². The van der Waals surface area contributed by atoms with Gasteiger partial charge in [0.25, 0.3) is 0 Å². The molecule has 1 aromatic carbocycles. The number of unbranched alkanes of at least 4 members (excludes halogenated alkanes) is 1. The van der Waals surface area contributed by atoms with Crippen molar-refractivity contribution < 1.29 is 4.79 Å². The van der Waals surface area contributed by atoms with Crippen LogP contribution in [0.4, 0.5) is 5.69 Å². The lowest BCUT2D eigenvalue weighted by atomic mass is 10.1. The van der Waals surface area contributed by atoms with Gasteiger partial charge in [-0.15, -0.1) is 0 Å². The highest BCUT2D eigenvalue weighted by atomic mass is 16.2. The molecule has 2 rings (SSSR count). The zero-order chi connectivity index (χ0) is 13.0. The minimum atomic E-state index is -0.228. The third kappa shape index (κ3) is 2.22. The molecule has 1 atom stereocenters. The third-order valence-electron chi connectivity index (χ3n) is 3.13. The fourth-order valence-electron chi connectivity index (χ4n) is 2.33. The maximum Gasteiger partial charge on any atom is 0.248 e. The largest absolute Gasteiger partial charge is 0.310 e. The van der Waals surface area contributed by atoms with E-state index in [-0.39, 0.29) is 11.9 Å². The Morgan fingerprint density at radius 1 is 1.44 bits per heavy atom. The Labute approximate surface area is 107 Å². The van der Waals surface area contributed by atoms with Crippen LogP contribution in [-0.4, -0.2) is 19.0 Å². The quantitative estimate of drug-likeness (QED) is 0.805. The number of likely N-dealkylation sites (N-methyl/N-ethyl adjacent to an activating group) is 1. The Hall–Kier alpha value is -1.86. The Balaban J connectivity index is 2.22. The third-order valence-corrected chi connectivity index (χ3v) is 3.13. The molecule has 0 fully saturated rings. The molecule has 0 radical (unpaired) electrons. The van der Waals surface area contributed by atoms with Gasteiger partial charge < -0.3 is 10.2 Å². The first-order valence-electron chi connectivity index (χ1n) is 6.30. The lowest BCUT2D eigenvalue weighted by Crippen LogP contribution is -2.35. The van der Waals surface area contributed by atoms with E-state index >= 15 is 0 Å². The molecule has 0 saturated heterocycles. The number of nitriles is 1. The van der Waals surface area contributed by atoms with Crippen molar-refractivity contribution in [2.45, 2.75) is 25.8 Å². The first kappa shape index (κ1) is 12.6. The molecule has 0 aromatic heterocycles. The SMILES string of the molecule is CCNC1C(=O)N(CCCC#N)c2ccccc21. The summed E-state index contributed by atoms with van der Waals surface area (Å²) in [6.45, 7) is 3.37. The van der Waals surface area contributed by atoms with Crippen LogP contribution in [0.1, 0.15) is 31.4 Å². The second kappa shape index (κ2) is 5.65. The van der Waals surface area contributed by atoms with Crippen LogP contribution in [0.5, 0.6) is 0 Å². The van der Waals surface area contributed by atoms with Crippen LogP contribution in [0.2, 0.25) is 0 Å². The minimum absolute atomic E-state index is 0.0935. The van der Waals surface area contributed by atoms with Crippen molar-refractivity contribution in [2.75, 3.05) is 18.0 Å². The van der Waals surface area contributed by atoms with E-state index in [1.54, 1.807) is 4.90 Å². The van der Waals surface area contributed by atoms with Crippen LogP contribution in [0.3, 0.4) is 0 Å². The number of carbonyl (C=O) groups is 1. The number of carbonyl (C=O) groups excluding carboxylic acids is 1. The predicted molar refractivity (Wildman–Crippen MR) is 70.1 cm³/mol. The number of para-hydroxylation sites is 1. The van der Waals surface area contributed by atoms with E-state index in [2.05, 4.69) is 11.4 Å². The van der Waals surface area contributed by atoms with Gasteiger partial charge in [0, 0.05) is 24.2 Å². The summed E-state index contributed by atoms with van der Waals surface area (Å²) >= 11 is 0. The molecule has 0 saturated carbocycles. The summed E-state index contributed by atoms with van der Waals surface area (Å²) in [4.78, 5) is 14.1. The molecule has 1 unspecified atom stereocenters. The number of hydrogen-bond donors (Lipinski definition) is 1. The molecule has 18 heavy (non-hydrogen) atoms. The molecule has 4 heteroatoms. The molecule has 4 nitrogen and oxygen atoms in total. The van der Waals surface area contributed by atoms with Crippen LogP contribution >= 0.6 is 0 Å². The molecule has 1 aliphatic heterocycles. The smallest absolute Gasteiger partial charge is 0.248 e. The van der Waals surface area contributed by atoms with E-state index in [9.17, 15) is 4.79 Å². The molecular weight excluding hydrogens is 226 g/mol. The number of rotatable bonds is 5. The highest BCUT2D eigenvalue weighted by Gasteiger charge is 2.35. The molecule has 94 valence electrons. The van der Waals surface area contributed by atoms with Gasteiger partial charge in [-0.3, -0.25) is 4.79 Å². The van der Waals surface area contributed by atoms with Crippen LogP contribution < -0.4 is 10.2 Å². The van der Waals surface area contributed by atoms with Crippen molar-refractivity contribution in [1.82, 2.24) is 5.32 Å². The zero-order valence-electron chi connectivity index (χ0n) is 10.5. The van der Waals surface area contributed by atoms with Crippen molar-refractivity contribution >= 4 is 11.6 Å². The summed E-state index contributed by atoms with van der Waals surface area (Å²) < 4.78 is 0. The second-order valence-corrected chi connectivity index (χ2v) is 4.30. The normalized spacial score (nSPS) is 17.7. The van der Waals surface area contributed by atoms with Gasteiger partial charge >= 0.3 is 0 Å². The fourth-order valence-corrected chi connectivity index (χ4v) is 2.33. The van der Waals surface area contributed by atoms with Gasteiger partial charge in [-0.25, -0.2) is 0 Å². The van der Waals surface area contributed by atoms with Gasteiger partial charge in [0.2, 0.25) is 5.91 Å². The van der Waals surface area contributed by atoms with Crippen molar-refractivity contribution in [3.8, 4) is 6.07 Å². The molecule has 0 bridgehead atoms. The van der Waals surface area contributed by atoms with Gasteiger partial charge in [0.15, 0.2) is 0 Å².